The normalized spacial score (nSPS) is 15.2. The number of hydrogen-bond acceptors (Lipinski definition) is 5. The summed E-state index contributed by atoms with van der Waals surface area (Å²) in [6.07, 6.45) is -0.690. The summed E-state index contributed by atoms with van der Waals surface area (Å²) in [5, 5.41) is 14.3. The number of nitrogens with one attached hydrogen (secondary N) is 2. The number of likely N-dealkylation sites (N-methyl/N-ethyl adjacent to an activating group) is 1. The van der Waals surface area contributed by atoms with Gasteiger partial charge in [-0.1, -0.05) is 18.2 Å². The Labute approximate surface area is 151 Å². The number of carbonyl (C=O) groups is 2. The maximum atomic E-state index is 12.5. The number of fused-ring (bicyclic) bond motifs is 1. The summed E-state index contributed by atoms with van der Waals surface area (Å²) in [6.45, 7) is 0.326. The second-order valence-electron chi connectivity index (χ2n) is 5.81. The number of nitrogens with zero attached hydrogens (tertiary/aromatic N) is 2. The van der Waals surface area contributed by atoms with E-state index in [1.165, 1.54) is 0 Å². The van der Waals surface area contributed by atoms with Crippen LogP contribution in [0.3, 0.4) is 0 Å². The van der Waals surface area contributed by atoms with Gasteiger partial charge in [0.2, 0.25) is 5.91 Å². The van der Waals surface area contributed by atoms with Gasteiger partial charge in [0.1, 0.15) is 5.75 Å². The Morgan fingerprint density at radius 1 is 1.27 bits per heavy atom. The van der Waals surface area contributed by atoms with Crippen molar-refractivity contribution < 1.29 is 14.3 Å². The third-order valence-corrected chi connectivity index (χ3v) is 4.01. The van der Waals surface area contributed by atoms with Gasteiger partial charge in [0, 0.05) is 12.7 Å². The first-order valence-corrected chi connectivity index (χ1v) is 8.13. The zero-order valence-corrected chi connectivity index (χ0v) is 14.2. The third-order valence-electron chi connectivity index (χ3n) is 4.01. The highest BCUT2D eigenvalue weighted by Gasteiger charge is 2.30. The number of para-hydroxylation sites is 2. The van der Waals surface area contributed by atoms with Crippen LogP contribution in [0.1, 0.15) is 5.56 Å². The number of hydrogen-bond donors (Lipinski definition) is 2. The lowest BCUT2D eigenvalue weighted by atomic mass is 10.1. The molecule has 0 fully saturated rings. The van der Waals surface area contributed by atoms with E-state index in [1.54, 1.807) is 37.4 Å². The van der Waals surface area contributed by atoms with Gasteiger partial charge < -0.3 is 20.3 Å². The molecule has 0 radical (unpaired) electrons. The molecule has 0 unspecified atom stereocenters. The zero-order valence-electron chi connectivity index (χ0n) is 14.2. The smallest absolute Gasteiger partial charge is 0.262 e. The SMILES string of the molecule is CNC(=O)[C@@H]1CN(CC(=O)Nc2cccc(C#N)c2)c2ccccc2O1. The van der Waals surface area contributed by atoms with Crippen LogP contribution in [0.5, 0.6) is 5.75 Å². The van der Waals surface area contributed by atoms with Gasteiger partial charge in [-0.3, -0.25) is 9.59 Å². The summed E-state index contributed by atoms with van der Waals surface area (Å²) < 4.78 is 5.72. The first kappa shape index (κ1) is 17.3. The molecule has 0 saturated heterocycles. The molecule has 7 heteroatoms. The van der Waals surface area contributed by atoms with E-state index in [1.807, 2.05) is 29.2 Å². The molecule has 7 nitrogen and oxygen atoms in total. The molecule has 3 rings (SSSR count). The van der Waals surface area contributed by atoms with Gasteiger partial charge in [-0.05, 0) is 30.3 Å². The highest BCUT2D eigenvalue weighted by Crippen LogP contribution is 2.32. The second-order valence-corrected chi connectivity index (χ2v) is 5.81. The summed E-state index contributed by atoms with van der Waals surface area (Å²) in [5.74, 6) is 0.0747. The van der Waals surface area contributed by atoms with Gasteiger partial charge in [0.15, 0.2) is 6.10 Å². The fraction of sp³-hybridized carbons (Fsp3) is 0.211. The van der Waals surface area contributed by atoms with Crippen molar-refractivity contribution in [3.05, 3.63) is 54.1 Å². The Hall–Kier alpha value is -3.53. The Balaban J connectivity index is 1.75. The van der Waals surface area contributed by atoms with E-state index in [2.05, 4.69) is 10.6 Å². The molecule has 26 heavy (non-hydrogen) atoms. The molecular weight excluding hydrogens is 332 g/mol. The molecule has 132 valence electrons. The molecule has 0 bridgehead atoms. The molecule has 0 saturated carbocycles. The van der Waals surface area contributed by atoms with E-state index < -0.39 is 6.10 Å². The molecule has 0 aliphatic carbocycles. The van der Waals surface area contributed by atoms with E-state index >= 15 is 0 Å². The quantitative estimate of drug-likeness (QED) is 0.872. The van der Waals surface area contributed by atoms with E-state index in [9.17, 15) is 9.59 Å². The molecule has 2 N–H and O–H groups in total. The Morgan fingerprint density at radius 2 is 2.08 bits per heavy atom. The minimum Gasteiger partial charge on any atom is -0.477 e. The summed E-state index contributed by atoms with van der Waals surface area (Å²) in [6, 6.07) is 16.0. The fourth-order valence-electron chi connectivity index (χ4n) is 2.79. The summed E-state index contributed by atoms with van der Waals surface area (Å²) in [5.41, 5.74) is 1.78. The molecule has 1 aliphatic rings. The number of amides is 2. The summed E-state index contributed by atoms with van der Waals surface area (Å²) >= 11 is 0. The van der Waals surface area contributed by atoms with E-state index in [0.29, 0.717) is 17.0 Å². The second kappa shape index (κ2) is 7.57. The van der Waals surface area contributed by atoms with Crippen molar-refractivity contribution in [2.24, 2.45) is 0 Å². The van der Waals surface area contributed by atoms with Crippen LogP contribution >= 0.6 is 0 Å². The van der Waals surface area contributed by atoms with Crippen molar-refractivity contribution in [2.45, 2.75) is 6.10 Å². The van der Waals surface area contributed by atoms with Crippen LogP contribution in [0.25, 0.3) is 0 Å². The molecule has 1 aliphatic heterocycles. The van der Waals surface area contributed by atoms with Crippen LogP contribution in [0.2, 0.25) is 0 Å². The number of anilines is 2. The van der Waals surface area contributed by atoms with Crippen LogP contribution in [0, 0.1) is 11.3 Å². The van der Waals surface area contributed by atoms with E-state index in [-0.39, 0.29) is 24.9 Å². The average molecular weight is 350 g/mol. The molecule has 1 atom stereocenters. The number of rotatable bonds is 4. The van der Waals surface area contributed by atoms with E-state index in [4.69, 9.17) is 10.00 Å². The van der Waals surface area contributed by atoms with Crippen molar-refractivity contribution in [2.75, 3.05) is 30.4 Å². The monoisotopic (exact) mass is 350 g/mol. The van der Waals surface area contributed by atoms with Gasteiger partial charge in [-0.25, -0.2) is 0 Å². The topological polar surface area (TPSA) is 94.5 Å². The maximum Gasteiger partial charge on any atom is 0.262 e. The fourth-order valence-corrected chi connectivity index (χ4v) is 2.79. The van der Waals surface area contributed by atoms with Gasteiger partial charge >= 0.3 is 0 Å². The Morgan fingerprint density at radius 3 is 2.85 bits per heavy atom. The number of nitriles is 1. The zero-order chi connectivity index (χ0) is 18.5. The van der Waals surface area contributed by atoms with Crippen LogP contribution < -0.4 is 20.3 Å². The van der Waals surface area contributed by atoms with Crippen LogP contribution in [0.15, 0.2) is 48.5 Å². The van der Waals surface area contributed by atoms with Crippen molar-refractivity contribution in [3.63, 3.8) is 0 Å². The number of ether oxygens (including phenoxy) is 1. The van der Waals surface area contributed by atoms with Gasteiger partial charge in [0.25, 0.3) is 5.91 Å². The summed E-state index contributed by atoms with van der Waals surface area (Å²) in [4.78, 5) is 26.2. The van der Waals surface area contributed by atoms with Crippen molar-refractivity contribution >= 4 is 23.2 Å². The standard InChI is InChI=1S/C19H18N4O3/c1-21-19(25)17-11-23(15-7-2-3-8-16(15)26-17)12-18(24)22-14-6-4-5-13(9-14)10-20/h2-9,17H,11-12H2,1H3,(H,21,25)(H,22,24)/t17-/m0/s1. The third kappa shape index (κ3) is 3.75. The highest BCUT2D eigenvalue weighted by molar-refractivity contribution is 5.95. The van der Waals surface area contributed by atoms with Gasteiger partial charge in [0.05, 0.1) is 30.4 Å². The van der Waals surface area contributed by atoms with Gasteiger partial charge in [-0.15, -0.1) is 0 Å². The molecular formula is C19H18N4O3. The predicted molar refractivity (Wildman–Crippen MR) is 96.9 cm³/mol. The van der Waals surface area contributed by atoms with Crippen LogP contribution in [-0.2, 0) is 9.59 Å². The lowest BCUT2D eigenvalue weighted by Crippen LogP contribution is -2.50. The lowest BCUT2D eigenvalue weighted by molar-refractivity contribution is -0.127. The first-order valence-electron chi connectivity index (χ1n) is 8.13. The number of carbonyl (C=O) groups excluding carboxylic acids is 2. The Kier molecular flexibility index (Phi) is 5.04. The molecule has 0 spiro atoms. The molecule has 2 amide bonds. The van der Waals surface area contributed by atoms with Crippen molar-refractivity contribution in [1.82, 2.24) is 5.32 Å². The Bertz CT molecular complexity index is 875. The van der Waals surface area contributed by atoms with Crippen molar-refractivity contribution in [3.8, 4) is 11.8 Å². The molecule has 1 heterocycles. The van der Waals surface area contributed by atoms with Gasteiger partial charge in [-0.2, -0.15) is 5.26 Å². The summed E-state index contributed by atoms with van der Waals surface area (Å²) in [7, 11) is 1.55. The highest BCUT2D eigenvalue weighted by atomic mass is 16.5. The minimum absolute atomic E-state index is 0.0602. The van der Waals surface area contributed by atoms with Crippen LogP contribution in [0.4, 0.5) is 11.4 Å². The van der Waals surface area contributed by atoms with E-state index in [0.717, 1.165) is 5.69 Å². The van der Waals surface area contributed by atoms with Crippen molar-refractivity contribution in [1.29, 1.82) is 5.26 Å². The minimum atomic E-state index is -0.690. The first-order chi connectivity index (χ1) is 12.6. The molecule has 0 aromatic heterocycles. The predicted octanol–water partition coefficient (Wildman–Crippen LogP) is 1.51. The molecule has 2 aromatic carbocycles. The number of benzene rings is 2. The molecule has 2 aromatic rings. The largest absolute Gasteiger partial charge is 0.477 e. The lowest BCUT2D eigenvalue weighted by Gasteiger charge is -2.34. The average Bonchev–Trinajstić information content (AvgIpc) is 2.67. The maximum absolute atomic E-state index is 12.5. The van der Waals surface area contributed by atoms with Crippen LogP contribution in [-0.4, -0.2) is 38.1 Å².